The number of aryl methyl sites for hydroxylation is 2. The molecule has 4 nitrogen and oxygen atoms in total. The molecule has 0 saturated heterocycles. The van der Waals surface area contributed by atoms with Gasteiger partial charge >= 0.3 is 0 Å². The molecule has 0 bridgehead atoms. The molecule has 8 aromatic rings. The van der Waals surface area contributed by atoms with E-state index < -0.39 is 0 Å². The molecule has 0 unspecified atom stereocenters. The van der Waals surface area contributed by atoms with Crippen LogP contribution in [-0.4, -0.2) is 9.13 Å². The Bertz CT molecular complexity index is 2550. The van der Waals surface area contributed by atoms with Gasteiger partial charge in [-0.3, -0.25) is 0 Å². The van der Waals surface area contributed by atoms with Gasteiger partial charge in [-0.05, 0) is 79.1 Å². The molecule has 0 aliphatic rings. The van der Waals surface area contributed by atoms with Gasteiger partial charge in [0.1, 0.15) is 0 Å². The molecule has 0 radical (unpaired) electrons. The quantitative estimate of drug-likeness (QED) is 0.215. The Labute approximate surface area is 254 Å². The van der Waals surface area contributed by atoms with Crippen LogP contribution in [0.1, 0.15) is 22.3 Å². The van der Waals surface area contributed by atoms with Crippen LogP contribution in [0.3, 0.4) is 0 Å². The summed E-state index contributed by atoms with van der Waals surface area (Å²) >= 11 is 0. The van der Waals surface area contributed by atoms with Crippen LogP contribution >= 0.6 is 0 Å². The maximum absolute atomic E-state index is 10.6. The number of nitrogens with zero attached hydrogens (tertiary/aromatic N) is 4. The van der Waals surface area contributed by atoms with Crippen LogP contribution in [-0.2, 0) is 0 Å². The SMILES string of the molecule is Cc1ccc2c3ccccc3n(-c3cc(C#N)c(-c4cccc(C#N)c4)cc3-n3c4ccccc4c4ccc(C)cc43)c2c1. The first-order valence-corrected chi connectivity index (χ1v) is 14.6. The molecule has 206 valence electrons. The lowest BCUT2D eigenvalue weighted by Crippen LogP contribution is -2.05. The standard InChI is InChI=1S/C40H26N4/c1-25-14-16-32-30-10-3-5-12-35(30)43(37(32)18-25)39-21-29(24-42)34(28-9-7-8-27(20-28)23-41)22-40(39)44-36-13-6-4-11-31(36)33-17-15-26(2)19-38(33)44/h3-22H,1-2H3. The monoisotopic (exact) mass is 562 g/mol. The summed E-state index contributed by atoms with van der Waals surface area (Å²) in [6, 6.07) is 46.6. The van der Waals surface area contributed by atoms with Gasteiger partial charge < -0.3 is 9.13 Å². The van der Waals surface area contributed by atoms with Crippen molar-refractivity contribution in [2.45, 2.75) is 13.8 Å². The molecule has 0 saturated carbocycles. The van der Waals surface area contributed by atoms with Crippen LogP contribution in [0.4, 0.5) is 0 Å². The number of rotatable bonds is 3. The zero-order valence-electron chi connectivity index (χ0n) is 24.3. The van der Waals surface area contributed by atoms with E-state index in [0.29, 0.717) is 11.1 Å². The summed E-state index contributed by atoms with van der Waals surface area (Å²) < 4.78 is 4.64. The largest absolute Gasteiger partial charge is 0.307 e. The number of fused-ring (bicyclic) bond motifs is 6. The summed E-state index contributed by atoms with van der Waals surface area (Å²) in [5.41, 5.74) is 11.3. The highest BCUT2D eigenvalue weighted by molar-refractivity contribution is 6.12. The van der Waals surface area contributed by atoms with Crippen LogP contribution in [0.15, 0.2) is 121 Å². The molecule has 0 aliphatic heterocycles. The van der Waals surface area contributed by atoms with Gasteiger partial charge in [0.05, 0.1) is 56.7 Å². The molecule has 4 heteroatoms. The van der Waals surface area contributed by atoms with Crippen LogP contribution in [0, 0.1) is 36.5 Å². The van der Waals surface area contributed by atoms with E-state index in [1.165, 1.54) is 27.3 Å². The fourth-order valence-electron chi connectivity index (χ4n) is 6.70. The lowest BCUT2D eigenvalue weighted by atomic mass is 9.97. The Kier molecular flexibility index (Phi) is 5.66. The Balaban J connectivity index is 1.59. The molecule has 0 fully saturated rings. The summed E-state index contributed by atoms with van der Waals surface area (Å²) in [7, 11) is 0. The predicted molar refractivity (Wildman–Crippen MR) is 179 cm³/mol. The van der Waals surface area contributed by atoms with Crippen LogP contribution in [0.5, 0.6) is 0 Å². The van der Waals surface area contributed by atoms with E-state index in [2.05, 4.69) is 126 Å². The highest BCUT2D eigenvalue weighted by atomic mass is 15.1. The lowest BCUT2D eigenvalue weighted by molar-refractivity contribution is 1.09. The molecule has 6 aromatic carbocycles. The second kappa shape index (κ2) is 9.73. The topological polar surface area (TPSA) is 57.4 Å². The number of nitriles is 2. The van der Waals surface area contributed by atoms with Gasteiger partial charge in [-0.1, -0.05) is 72.8 Å². The summed E-state index contributed by atoms with van der Waals surface area (Å²) in [5.74, 6) is 0. The molecule has 2 aromatic heterocycles. The van der Waals surface area contributed by atoms with E-state index in [1.807, 2.05) is 24.3 Å². The van der Waals surface area contributed by atoms with Gasteiger partial charge in [-0.15, -0.1) is 0 Å². The Morgan fingerprint density at radius 3 is 1.59 bits per heavy atom. The highest BCUT2D eigenvalue weighted by Gasteiger charge is 2.22. The first-order chi connectivity index (χ1) is 21.6. The average Bonchev–Trinajstić information content (AvgIpc) is 3.55. The maximum Gasteiger partial charge on any atom is 0.0998 e. The van der Waals surface area contributed by atoms with E-state index in [9.17, 15) is 10.5 Å². The van der Waals surface area contributed by atoms with E-state index in [4.69, 9.17) is 0 Å². The van der Waals surface area contributed by atoms with E-state index in [1.54, 1.807) is 6.07 Å². The molecule has 2 heterocycles. The summed E-state index contributed by atoms with van der Waals surface area (Å²) in [5, 5.41) is 24.9. The van der Waals surface area contributed by atoms with Gasteiger partial charge in [-0.25, -0.2) is 0 Å². The summed E-state index contributed by atoms with van der Waals surface area (Å²) in [4.78, 5) is 0. The van der Waals surface area contributed by atoms with E-state index >= 15 is 0 Å². The third-order valence-corrected chi connectivity index (χ3v) is 8.68. The first-order valence-electron chi connectivity index (χ1n) is 14.6. The highest BCUT2D eigenvalue weighted by Crippen LogP contribution is 2.41. The van der Waals surface area contributed by atoms with E-state index in [-0.39, 0.29) is 0 Å². The minimum atomic E-state index is 0.550. The molecule has 0 amide bonds. The fourth-order valence-corrected chi connectivity index (χ4v) is 6.70. The van der Waals surface area contributed by atoms with Gasteiger partial charge in [0.25, 0.3) is 0 Å². The van der Waals surface area contributed by atoms with Crippen molar-refractivity contribution in [1.29, 1.82) is 10.5 Å². The fraction of sp³-hybridized carbons (Fsp3) is 0.0500. The van der Waals surface area contributed by atoms with Crippen molar-refractivity contribution in [2.24, 2.45) is 0 Å². The third-order valence-electron chi connectivity index (χ3n) is 8.68. The van der Waals surface area contributed by atoms with Crippen molar-refractivity contribution in [2.75, 3.05) is 0 Å². The number of para-hydroxylation sites is 2. The number of aromatic nitrogens is 2. The van der Waals surface area contributed by atoms with Crippen molar-refractivity contribution in [3.63, 3.8) is 0 Å². The van der Waals surface area contributed by atoms with Crippen molar-refractivity contribution >= 4 is 43.6 Å². The van der Waals surface area contributed by atoms with Crippen molar-refractivity contribution in [3.8, 4) is 34.6 Å². The van der Waals surface area contributed by atoms with Crippen molar-refractivity contribution in [1.82, 2.24) is 9.13 Å². The number of hydrogen-bond donors (Lipinski definition) is 0. The van der Waals surface area contributed by atoms with Crippen LogP contribution in [0.25, 0.3) is 66.1 Å². The van der Waals surface area contributed by atoms with Gasteiger partial charge in [0, 0.05) is 27.1 Å². The third kappa shape index (κ3) is 3.76. The van der Waals surface area contributed by atoms with Gasteiger partial charge in [-0.2, -0.15) is 10.5 Å². The summed E-state index contributed by atoms with van der Waals surface area (Å²) in [6.45, 7) is 4.24. The maximum atomic E-state index is 10.6. The Morgan fingerprint density at radius 2 is 1.02 bits per heavy atom. The molecule has 8 rings (SSSR count). The molecular weight excluding hydrogens is 536 g/mol. The lowest BCUT2D eigenvalue weighted by Gasteiger charge is -2.19. The minimum absolute atomic E-state index is 0.550. The molecule has 0 atom stereocenters. The zero-order chi connectivity index (χ0) is 29.9. The minimum Gasteiger partial charge on any atom is -0.307 e. The molecule has 44 heavy (non-hydrogen) atoms. The van der Waals surface area contributed by atoms with Crippen molar-refractivity contribution in [3.05, 3.63) is 144 Å². The van der Waals surface area contributed by atoms with Crippen LogP contribution < -0.4 is 0 Å². The van der Waals surface area contributed by atoms with E-state index in [0.717, 1.165) is 50.0 Å². The zero-order valence-corrected chi connectivity index (χ0v) is 24.3. The molecular formula is C40H26N4. The van der Waals surface area contributed by atoms with Gasteiger partial charge in [0.15, 0.2) is 0 Å². The second-order valence-electron chi connectivity index (χ2n) is 11.4. The number of hydrogen-bond acceptors (Lipinski definition) is 2. The normalized spacial score (nSPS) is 11.4. The molecule has 0 spiro atoms. The van der Waals surface area contributed by atoms with Gasteiger partial charge in [0.2, 0.25) is 0 Å². The average molecular weight is 563 g/mol. The Morgan fingerprint density at radius 1 is 0.477 bits per heavy atom. The number of benzene rings is 6. The molecule has 0 aliphatic carbocycles. The molecule has 0 N–H and O–H groups in total. The second-order valence-corrected chi connectivity index (χ2v) is 11.4. The van der Waals surface area contributed by atoms with Crippen LogP contribution in [0.2, 0.25) is 0 Å². The smallest absolute Gasteiger partial charge is 0.0998 e. The summed E-state index contributed by atoms with van der Waals surface area (Å²) in [6.07, 6.45) is 0. The Hall–Kier alpha value is -6.10. The first kappa shape index (κ1) is 25.6. The predicted octanol–water partition coefficient (Wildman–Crippen LogP) is 9.91. The van der Waals surface area contributed by atoms with Crippen molar-refractivity contribution < 1.29 is 0 Å².